The van der Waals surface area contributed by atoms with Crippen LogP contribution in [0.3, 0.4) is 0 Å². The van der Waals surface area contributed by atoms with E-state index in [1.165, 1.54) is 11.1 Å². The monoisotopic (exact) mass is 506 g/mol. The summed E-state index contributed by atoms with van der Waals surface area (Å²) in [5, 5.41) is 0. The Hall–Kier alpha value is -2.51. The maximum Gasteiger partial charge on any atom is 0.317 e. The van der Waals surface area contributed by atoms with Crippen molar-refractivity contribution >= 4 is 5.91 Å². The second kappa shape index (κ2) is 10.7. The van der Waals surface area contributed by atoms with E-state index in [4.69, 9.17) is 9.47 Å². The molecular weight excluding hydrogens is 464 g/mol. The third kappa shape index (κ3) is 5.68. The number of carbonyl (C=O) groups is 1. The molecule has 0 bridgehead atoms. The zero-order valence-electron chi connectivity index (χ0n) is 23.1. The average molecular weight is 507 g/mol. The molecule has 1 aromatic heterocycles. The number of piperidine rings is 1. The molecule has 200 valence electrons. The SMILES string of the molecule is COc1nc(CCc2ccc(C(C)(C)C)cc2)c(C)c(C(=O)N2CCC(N3CC4COCC4C3)CC2)n1. The van der Waals surface area contributed by atoms with Gasteiger partial charge >= 0.3 is 6.01 Å². The van der Waals surface area contributed by atoms with Crippen molar-refractivity contribution < 1.29 is 14.3 Å². The van der Waals surface area contributed by atoms with Crippen LogP contribution in [0.1, 0.15) is 66.5 Å². The quantitative estimate of drug-likeness (QED) is 0.589. The van der Waals surface area contributed by atoms with E-state index in [9.17, 15) is 4.79 Å². The summed E-state index contributed by atoms with van der Waals surface area (Å²) in [4.78, 5) is 27.3. The second-order valence-corrected chi connectivity index (χ2v) is 12.1. The van der Waals surface area contributed by atoms with Crippen molar-refractivity contribution in [1.82, 2.24) is 19.8 Å². The third-order valence-electron chi connectivity index (χ3n) is 8.62. The van der Waals surface area contributed by atoms with E-state index in [0.29, 0.717) is 23.6 Å². The summed E-state index contributed by atoms with van der Waals surface area (Å²) >= 11 is 0. The Kier molecular flexibility index (Phi) is 7.55. The van der Waals surface area contributed by atoms with Gasteiger partial charge in [0.05, 0.1) is 26.0 Å². The number of hydrogen-bond acceptors (Lipinski definition) is 6. The van der Waals surface area contributed by atoms with Crippen LogP contribution in [0.15, 0.2) is 24.3 Å². The first-order chi connectivity index (χ1) is 17.7. The molecule has 2 atom stereocenters. The number of hydrogen-bond donors (Lipinski definition) is 0. The summed E-state index contributed by atoms with van der Waals surface area (Å²) in [7, 11) is 1.57. The first-order valence-corrected chi connectivity index (χ1v) is 13.8. The van der Waals surface area contributed by atoms with Gasteiger partial charge in [0.15, 0.2) is 0 Å². The van der Waals surface area contributed by atoms with Gasteiger partial charge in [0.25, 0.3) is 5.91 Å². The fourth-order valence-corrected chi connectivity index (χ4v) is 6.12. The lowest BCUT2D eigenvalue weighted by Gasteiger charge is -2.37. The maximum absolute atomic E-state index is 13.6. The molecule has 2 aromatic rings. The number of rotatable bonds is 6. The van der Waals surface area contributed by atoms with E-state index in [1.807, 2.05) is 11.8 Å². The van der Waals surface area contributed by atoms with Gasteiger partial charge in [-0.05, 0) is 49.1 Å². The van der Waals surface area contributed by atoms with E-state index in [0.717, 1.165) is 76.3 Å². The minimum absolute atomic E-state index is 0.000813. The Bertz CT molecular complexity index is 1090. The molecule has 5 rings (SSSR count). The number of aromatic nitrogens is 2. The van der Waals surface area contributed by atoms with Crippen LogP contribution in [0.2, 0.25) is 0 Å². The smallest absolute Gasteiger partial charge is 0.317 e. The van der Waals surface area contributed by atoms with Gasteiger partial charge in [0, 0.05) is 49.6 Å². The predicted molar refractivity (Wildman–Crippen MR) is 144 cm³/mol. The summed E-state index contributed by atoms with van der Waals surface area (Å²) in [6.45, 7) is 14.3. The largest absolute Gasteiger partial charge is 0.467 e. The fourth-order valence-electron chi connectivity index (χ4n) is 6.12. The first kappa shape index (κ1) is 26.1. The van der Waals surface area contributed by atoms with Gasteiger partial charge in [0.2, 0.25) is 0 Å². The number of benzene rings is 1. The van der Waals surface area contributed by atoms with Gasteiger partial charge in [-0.25, -0.2) is 0 Å². The van der Waals surface area contributed by atoms with Gasteiger partial charge in [-0.1, -0.05) is 45.0 Å². The number of carbonyl (C=O) groups excluding carboxylic acids is 1. The van der Waals surface area contributed by atoms with Crippen molar-refractivity contribution in [2.24, 2.45) is 11.8 Å². The summed E-state index contributed by atoms with van der Waals surface area (Å²) in [6, 6.07) is 9.66. The van der Waals surface area contributed by atoms with E-state index in [-0.39, 0.29) is 17.3 Å². The molecule has 7 heteroatoms. The zero-order chi connectivity index (χ0) is 26.2. The molecule has 0 radical (unpaired) electrons. The molecule has 3 aliphatic heterocycles. The summed E-state index contributed by atoms with van der Waals surface area (Å²) in [6.07, 6.45) is 3.63. The molecule has 1 amide bonds. The predicted octanol–water partition coefficient (Wildman–Crippen LogP) is 4.06. The Morgan fingerprint density at radius 3 is 2.27 bits per heavy atom. The Morgan fingerprint density at radius 2 is 1.68 bits per heavy atom. The van der Waals surface area contributed by atoms with Crippen LogP contribution in [0, 0.1) is 18.8 Å². The van der Waals surface area contributed by atoms with E-state index in [1.54, 1.807) is 7.11 Å². The highest BCUT2D eigenvalue weighted by Crippen LogP contribution is 2.33. The maximum atomic E-state index is 13.6. The normalized spacial score (nSPS) is 22.9. The standard InChI is InChI=1S/C30H42N4O3/c1-20-26(11-8-21-6-9-24(10-7-21)30(2,3)4)31-29(36-5)32-27(20)28(35)33-14-12-25(13-15-33)34-16-22-18-37-19-23(22)17-34/h6-7,9-10,22-23,25H,8,11-19H2,1-5H3. The van der Waals surface area contributed by atoms with Crippen LogP contribution < -0.4 is 4.74 Å². The number of methoxy groups -OCH3 is 1. The number of ether oxygens (including phenoxy) is 2. The number of aryl methyl sites for hydroxylation is 2. The van der Waals surface area contributed by atoms with Crippen LogP contribution in [-0.4, -0.2) is 78.2 Å². The van der Waals surface area contributed by atoms with Crippen molar-refractivity contribution in [2.45, 2.75) is 64.8 Å². The van der Waals surface area contributed by atoms with Crippen LogP contribution in [-0.2, 0) is 23.0 Å². The van der Waals surface area contributed by atoms with E-state index >= 15 is 0 Å². The lowest BCUT2D eigenvalue weighted by molar-refractivity contribution is 0.0610. The Labute approximate surface area is 221 Å². The van der Waals surface area contributed by atoms with Crippen molar-refractivity contribution in [3.8, 4) is 6.01 Å². The molecule has 3 aliphatic rings. The Morgan fingerprint density at radius 1 is 1.03 bits per heavy atom. The van der Waals surface area contributed by atoms with Gasteiger partial charge < -0.3 is 14.4 Å². The highest BCUT2D eigenvalue weighted by Gasteiger charge is 2.40. The lowest BCUT2D eigenvalue weighted by Crippen LogP contribution is -2.46. The molecule has 37 heavy (non-hydrogen) atoms. The summed E-state index contributed by atoms with van der Waals surface area (Å²) < 4.78 is 11.0. The molecule has 0 spiro atoms. The number of nitrogens with zero attached hydrogens (tertiary/aromatic N) is 4. The molecule has 3 saturated heterocycles. The molecule has 7 nitrogen and oxygen atoms in total. The highest BCUT2D eigenvalue weighted by atomic mass is 16.5. The van der Waals surface area contributed by atoms with Gasteiger partial charge in [-0.15, -0.1) is 0 Å². The molecule has 2 unspecified atom stereocenters. The minimum atomic E-state index is -0.000813. The molecule has 3 fully saturated rings. The summed E-state index contributed by atoms with van der Waals surface area (Å²) in [5.74, 6) is 1.40. The van der Waals surface area contributed by atoms with E-state index in [2.05, 4.69) is 59.9 Å². The highest BCUT2D eigenvalue weighted by molar-refractivity contribution is 5.94. The summed E-state index contributed by atoms with van der Waals surface area (Å²) in [5.41, 5.74) is 4.96. The fraction of sp³-hybridized carbons (Fsp3) is 0.633. The van der Waals surface area contributed by atoms with Crippen LogP contribution in [0.25, 0.3) is 0 Å². The number of likely N-dealkylation sites (tertiary alicyclic amines) is 2. The number of fused-ring (bicyclic) bond motifs is 1. The van der Waals surface area contributed by atoms with Crippen molar-refractivity contribution in [1.29, 1.82) is 0 Å². The van der Waals surface area contributed by atoms with Crippen LogP contribution >= 0.6 is 0 Å². The third-order valence-corrected chi connectivity index (χ3v) is 8.62. The molecule has 0 aliphatic carbocycles. The molecule has 0 saturated carbocycles. The van der Waals surface area contributed by atoms with Crippen molar-refractivity contribution in [3.63, 3.8) is 0 Å². The van der Waals surface area contributed by atoms with Crippen molar-refractivity contribution in [2.75, 3.05) is 46.5 Å². The van der Waals surface area contributed by atoms with Crippen LogP contribution in [0.5, 0.6) is 6.01 Å². The molecule has 1 aromatic carbocycles. The Balaban J connectivity index is 1.23. The lowest BCUT2D eigenvalue weighted by atomic mass is 9.86. The van der Waals surface area contributed by atoms with E-state index < -0.39 is 0 Å². The molecule has 4 heterocycles. The molecular formula is C30H42N4O3. The van der Waals surface area contributed by atoms with Crippen molar-refractivity contribution in [3.05, 3.63) is 52.3 Å². The molecule has 0 N–H and O–H groups in total. The second-order valence-electron chi connectivity index (χ2n) is 12.1. The van der Waals surface area contributed by atoms with Gasteiger partial charge in [-0.3, -0.25) is 9.69 Å². The van der Waals surface area contributed by atoms with Gasteiger partial charge in [-0.2, -0.15) is 9.97 Å². The van der Waals surface area contributed by atoms with Gasteiger partial charge in [0.1, 0.15) is 5.69 Å². The average Bonchev–Trinajstić information content (AvgIpc) is 3.50. The first-order valence-electron chi connectivity index (χ1n) is 13.8. The number of amides is 1. The topological polar surface area (TPSA) is 67.8 Å². The zero-order valence-corrected chi connectivity index (χ0v) is 23.1. The van der Waals surface area contributed by atoms with Crippen LogP contribution in [0.4, 0.5) is 0 Å². The minimum Gasteiger partial charge on any atom is -0.467 e.